The summed E-state index contributed by atoms with van der Waals surface area (Å²) in [5, 5.41) is 3.19. The zero-order valence-electron chi connectivity index (χ0n) is 13.7. The van der Waals surface area contributed by atoms with Crippen molar-refractivity contribution < 1.29 is 4.79 Å². The highest BCUT2D eigenvalue weighted by Crippen LogP contribution is 2.17. The monoisotopic (exact) mass is 310 g/mol. The number of benzene rings is 1. The lowest BCUT2D eigenvalue weighted by Gasteiger charge is -2.26. The van der Waals surface area contributed by atoms with Crippen LogP contribution >= 0.6 is 0 Å². The average molecular weight is 310 g/mol. The fraction of sp³-hybridized carbons (Fsp3) is 0.389. The van der Waals surface area contributed by atoms with E-state index in [0.29, 0.717) is 11.6 Å². The van der Waals surface area contributed by atoms with Crippen LogP contribution in [0.2, 0.25) is 0 Å². The molecule has 1 amide bonds. The van der Waals surface area contributed by atoms with Gasteiger partial charge in [-0.2, -0.15) is 0 Å². The van der Waals surface area contributed by atoms with Gasteiger partial charge < -0.3 is 10.2 Å². The van der Waals surface area contributed by atoms with E-state index >= 15 is 0 Å². The average Bonchev–Trinajstić information content (AvgIpc) is 2.54. The highest BCUT2D eigenvalue weighted by Gasteiger charge is 2.20. The van der Waals surface area contributed by atoms with Gasteiger partial charge in [0.1, 0.15) is 5.69 Å². The lowest BCUT2D eigenvalue weighted by molar-refractivity contribution is 0.0718. The number of likely N-dealkylation sites (tertiary alicyclic amines) is 1. The fourth-order valence-corrected chi connectivity index (χ4v) is 2.84. The summed E-state index contributed by atoms with van der Waals surface area (Å²) in [5.41, 5.74) is 3.34. The lowest BCUT2D eigenvalue weighted by Crippen LogP contribution is -2.36. The first-order chi connectivity index (χ1) is 11.1. The predicted octanol–water partition coefficient (Wildman–Crippen LogP) is 3.46. The summed E-state index contributed by atoms with van der Waals surface area (Å²) in [7, 11) is 0. The number of hydrogen-bond donors (Lipinski definition) is 1. The number of carbonyl (C=O) groups is 1. The molecule has 23 heavy (non-hydrogen) atoms. The molecular weight excluding hydrogens is 288 g/mol. The van der Waals surface area contributed by atoms with Crippen molar-refractivity contribution in [3.05, 3.63) is 47.3 Å². The summed E-state index contributed by atoms with van der Waals surface area (Å²) in [4.78, 5) is 23.3. The zero-order chi connectivity index (χ0) is 16.2. The van der Waals surface area contributed by atoms with Crippen molar-refractivity contribution in [3.63, 3.8) is 0 Å². The van der Waals surface area contributed by atoms with Gasteiger partial charge in [-0.1, -0.05) is 12.1 Å². The summed E-state index contributed by atoms with van der Waals surface area (Å²) in [5.74, 6) is 0.471. The molecule has 0 saturated carbocycles. The van der Waals surface area contributed by atoms with Crippen LogP contribution in [-0.2, 0) is 0 Å². The van der Waals surface area contributed by atoms with E-state index in [-0.39, 0.29) is 5.91 Å². The molecule has 1 fully saturated rings. The van der Waals surface area contributed by atoms with Crippen LogP contribution < -0.4 is 5.32 Å². The SMILES string of the molecule is Cc1cccc(Nc2nc(C)cc(C(=O)N3CCCCC3)n2)c1. The molecule has 1 aromatic heterocycles. The number of amides is 1. The largest absolute Gasteiger partial charge is 0.337 e. The normalized spacial score (nSPS) is 14.6. The molecule has 0 radical (unpaired) electrons. The van der Waals surface area contributed by atoms with Gasteiger partial charge in [-0.25, -0.2) is 9.97 Å². The van der Waals surface area contributed by atoms with Crippen LogP contribution in [-0.4, -0.2) is 33.9 Å². The molecule has 1 aliphatic rings. The van der Waals surface area contributed by atoms with Gasteiger partial charge in [0, 0.05) is 24.5 Å². The van der Waals surface area contributed by atoms with E-state index in [1.807, 2.05) is 43.0 Å². The van der Waals surface area contributed by atoms with Gasteiger partial charge in [-0.15, -0.1) is 0 Å². The first-order valence-electron chi connectivity index (χ1n) is 8.10. The minimum atomic E-state index is 0.00231. The summed E-state index contributed by atoms with van der Waals surface area (Å²) in [6.45, 7) is 5.56. The zero-order valence-corrected chi connectivity index (χ0v) is 13.7. The van der Waals surface area contributed by atoms with Crippen LogP contribution in [0, 0.1) is 13.8 Å². The molecule has 0 bridgehead atoms. The van der Waals surface area contributed by atoms with Gasteiger partial charge in [-0.3, -0.25) is 4.79 Å². The highest BCUT2D eigenvalue weighted by molar-refractivity contribution is 5.92. The maximum Gasteiger partial charge on any atom is 0.272 e. The number of hydrogen-bond acceptors (Lipinski definition) is 4. The molecule has 0 spiro atoms. The van der Waals surface area contributed by atoms with Gasteiger partial charge in [0.2, 0.25) is 5.95 Å². The smallest absolute Gasteiger partial charge is 0.272 e. The van der Waals surface area contributed by atoms with Crippen molar-refractivity contribution in [2.75, 3.05) is 18.4 Å². The number of aryl methyl sites for hydroxylation is 2. The van der Waals surface area contributed by atoms with Crippen molar-refractivity contribution in [1.82, 2.24) is 14.9 Å². The molecule has 2 aromatic rings. The van der Waals surface area contributed by atoms with Crippen LogP contribution in [0.4, 0.5) is 11.6 Å². The second-order valence-electron chi connectivity index (χ2n) is 6.07. The molecule has 120 valence electrons. The van der Waals surface area contributed by atoms with E-state index in [4.69, 9.17) is 0 Å². The second-order valence-corrected chi connectivity index (χ2v) is 6.07. The van der Waals surface area contributed by atoms with Crippen LogP contribution in [0.15, 0.2) is 30.3 Å². The topological polar surface area (TPSA) is 58.1 Å². The molecule has 0 aliphatic carbocycles. The second kappa shape index (κ2) is 6.77. The summed E-state index contributed by atoms with van der Waals surface area (Å²) >= 11 is 0. The third-order valence-corrected chi connectivity index (χ3v) is 3.99. The number of aromatic nitrogens is 2. The van der Waals surface area contributed by atoms with Crippen LogP contribution in [0.5, 0.6) is 0 Å². The number of carbonyl (C=O) groups excluding carboxylic acids is 1. The third-order valence-electron chi connectivity index (χ3n) is 3.99. The van der Waals surface area contributed by atoms with Crippen molar-refractivity contribution in [2.24, 2.45) is 0 Å². The first-order valence-corrected chi connectivity index (χ1v) is 8.10. The van der Waals surface area contributed by atoms with Crippen molar-refractivity contribution in [3.8, 4) is 0 Å². The number of rotatable bonds is 3. The van der Waals surface area contributed by atoms with Crippen LogP contribution in [0.25, 0.3) is 0 Å². The number of nitrogens with zero attached hydrogens (tertiary/aromatic N) is 3. The molecule has 0 unspecified atom stereocenters. The maximum absolute atomic E-state index is 12.6. The molecule has 1 N–H and O–H groups in total. The Morgan fingerprint density at radius 1 is 1.09 bits per heavy atom. The molecule has 3 rings (SSSR count). The Bertz CT molecular complexity index is 708. The Morgan fingerprint density at radius 3 is 2.61 bits per heavy atom. The van der Waals surface area contributed by atoms with Crippen molar-refractivity contribution in [2.45, 2.75) is 33.1 Å². The maximum atomic E-state index is 12.6. The van der Waals surface area contributed by atoms with Crippen molar-refractivity contribution in [1.29, 1.82) is 0 Å². The third kappa shape index (κ3) is 3.86. The van der Waals surface area contributed by atoms with Crippen LogP contribution in [0.1, 0.15) is 41.0 Å². The molecule has 1 saturated heterocycles. The Morgan fingerprint density at radius 2 is 1.87 bits per heavy atom. The summed E-state index contributed by atoms with van der Waals surface area (Å²) < 4.78 is 0. The minimum Gasteiger partial charge on any atom is -0.337 e. The molecular formula is C18H22N4O. The van der Waals surface area contributed by atoms with Gasteiger partial charge >= 0.3 is 0 Å². The Labute approximate surface area is 136 Å². The number of piperidine rings is 1. The summed E-state index contributed by atoms with van der Waals surface area (Å²) in [6, 6.07) is 9.77. The predicted molar refractivity (Wildman–Crippen MR) is 91.0 cm³/mol. The van der Waals surface area contributed by atoms with Gasteiger partial charge in [0.05, 0.1) is 0 Å². The Balaban J connectivity index is 1.82. The van der Waals surface area contributed by atoms with E-state index in [2.05, 4.69) is 15.3 Å². The fourth-order valence-electron chi connectivity index (χ4n) is 2.84. The Kier molecular flexibility index (Phi) is 4.55. The number of nitrogens with one attached hydrogen (secondary N) is 1. The van der Waals surface area contributed by atoms with E-state index in [9.17, 15) is 4.79 Å². The molecule has 5 nitrogen and oxygen atoms in total. The Hall–Kier alpha value is -2.43. The minimum absolute atomic E-state index is 0.00231. The quantitative estimate of drug-likeness (QED) is 0.943. The van der Waals surface area contributed by atoms with Gasteiger partial charge in [0.15, 0.2) is 0 Å². The first kappa shape index (κ1) is 15.5. The highest BCUT2D eigenvalue weighted by atomic mass is 16.2. The summed E-state index contributed by atoms with van der Waals surface area (Å²) in [6.07, 6.45) is 3.35. The van der Waals surface area contributed by atoms with E-state index in [1.165, 1.54) is 6.42 Å². The molecule has 0 atom stereocenters. The molecule has 2 heterocycles. The van der Waals surface area contributed by atoms with E-state index in [1.54, 1.807) is 6.07 Å². The molecule has 1 aromatic carbocycles. The van der Waals surface area contributed by atoms with Gasteiger partial charge in [-0.05, 0) is 56.9 Å². The van der Waals surface area contributed by atoms with E-state index < -0.39 is 0 Å². The molecule has 1 aliphatic heterocycles. The van der Waals surface area contributed by atoms with Gasteiger partial charge in [0.25, 0.3) is 5.91 Å². The van der Waals surface area contributed by atoms with Crippen molar-refractivity contribution >= 4 is 17.5 Å². The van der Waals surface area contributed by atoms with E-state index in [0.717, 1.165) is 42.9 Å². The lowest BCUT2D eigenvalue weighted by atomic mass is 10.1. The number of anilines is 2. The molecule has 5 heteroatoms. The van der Waals surface area contributed by atoms with Crippen LogP contribution in [0.3, 0.4) is 0 Å². The standard InChI is InChI=1S/C18H22N4O/c1-13-7-6-8-15(11-13)20-18-19-14(2)12-16(21-18)17(23)22-9-4-3-5-10-22/h6-8,11-12H,3-5,9-10H2,1-2H3,(H,19,20,21).